The Morgan fingerprint density at radius 1 is 1.04 bits per heavy atom. The van der Waals surface area contributed by atoms with Crippen molar-refractivity contribution >= 4 is 41.1 Å². The van der Waals surface area contributed by atoms with E-state index in [9.17, 15) is 9.59 Å². The highest BCUT2D eigenvalue weighted by Crippen LogP contribution is 2.27. The number of carbonyl (C=O) groups excluding carboxylic acids is 2. The normalized spacial score (nSPS) is 10.5. The van der Waals surface area contributed by atoms with Crippen LogP contribution in [0, 0.1) is 0 Å². The average molecular weight is 409 g/mol. The van der Waals surface area contributed by atoms with E-state index < -0.39 is 11.8 Å². The molecule has 0 aliphatic heterocycles. The van der Waals surface area contributed by atoms with Crippen LogP contribution in [0.1, 0.15) is 12.5 Å². The Balaban J connectivity index is 1.74. The zero-order valence-electron chi connectivity index (χ0n) is 14.5. The molecule has 2 aromatic carbocycles. The zero-order valence-corrected chi connectivity index (χ0v) is 16.0. The van der Waals surface area contributed by atoms with Crippen molar-refractivity contribution in [2.75, 3.05) is 13.2 Å². The van der Waals surface area contributed by atoms with Crippen LogP contribution in [0.4, 0.5) is 0 Å². The number of amides is 2. The topological polar surface area (TPSA) is 76.7 Å². The Hall–Kier alpha value is -2.70. The summed E-state index contributed by atoms with van der Waals surface area (Å²) in [6.45, 7) is 2.18. The SMILES string of the molecule is CCOc1ccc(/C=C/C(=O)NNC(=O)COc2ccc(Cl)cc2Cl)cc1. The Morgan fingerprint density at radius 3 is 2.44 bits per heavy atom. The van der Waals surface area contributed by atoms with Gasteiger partial charge in [0.2, 0.25) is 0 Å². The predicted octanol–water partition coefficient (Wildman–Crippen LogP) is 3.63. The number of rotatable bonds is 7. The number of hydrazine groups is 1. The first-order valence-electron chi connectivity index (χ1n) is 8.05. The van der Waals surface area contributed by atoms with Crippen LogP contribution >= 0.6 is 23.2 Å². The van der Waals surface area contributed by atoms with Crippen LogP contribution in [0.25, 0.3) is 6.08 Å². The van der Waals surface area contributed by atoms with Gasteiger partial charge in [0, 0.05) is 11.1 Å². The molecule has 2 amide bonds. The number of benzene rings is 2. The van der Waals surface area contributed by atoms with Crippen molar-refractivity contribution in [3.63, 3.8) is 0 Å². The molecule has 0 saturated carbocycles. The van der Waals surface area contributed by atoms with E-state index >= 15 is 0 Å². The quantitative estimate of drug-likeness (QED) is 0.541. The summed E-state index contributed by atoms with van der Waals surface area (Å²) < 4.78 is 10.6. The van der Waals surface area contributed by atoms with Gasteiger partial charge in [0.1, 0.15) is 11.5 Å². The average Bonchev–Trinajstić information content (AvgIpc) is 2.65. The van der Waals surface area contributed by atoms with Crippen molar-refractivity contribution in [1.29, 1.82) is 0 Å². The molecule has 2 rings (SSSR count). The van der Waals surface area contributed by atoms with E-state index in [4.69, 9.17) is 32.7 Å². The van der Waals surface area contributed by atoms with Crippen LogP contribution in [0.5, 0.6) is 11.5 Å². The van der Waals surface area contributed by atoms with E-state index in [0.717, 1.165) is 11.3 Å². The molecule has 8 heteroatoms. The van der Waals surface area contributed by atoms with Crippen LogP contribution in [0.15, 0.2) is 48.5 Å². The summed E-state index contributed by atoms with van der Waals surface area (Å²) in [6, 6.07) is 11.9. The minimum atomic E-state index is -0.538. The van der Waals surface area contributed by atoms with Gasteiger partial charge in [-0.1, -0.05) is 35.3 Å². The van der Waals surface area contributed by atoms with Crippen LogP contribution in [0.2, 0.25) is 10.0 Å². The molecule has 27 heavy (non-hydrogen) atoms. The second-order valence-corrected chi connectivity index (χ2v) is 6.08. The minimum absolute atomic E-state index is 0.289. The molecule has 6 nitrogen and oxygen atoms in total. The maximum atomic E-state index is 11.7. The van der Waals surface area contributed by atoms with E-state index in [1.54, 1.807) is 18.2 Å². The smallest absolute Gasteiger partial charge is 0.276 e. The van der Waals surface area contributed by atoms with Gasteiger partial charge in [-0.05, 0) is 48.9 Å². The Morgan fingerprint density at radius 2 is 1.78 bits per heavy atom. The first-order chi connectivity index (χ1) is 13.0. The van der Waals surface area contributed by atoms with Crippen molar-refractivity contribution in [3.8, 4) is 11.5 Å². The lowest BCUT2D eigenvalue weighted by Crippen LogP contribution is -2.43. The summed E-state index contributed by atoms with van der Waals surface area (Å²) in [4.78, 5) is 23.5. The third-order valence-corrected chi connectivity index (χ3v) is 3.73. The molecule has 0 unspecified atom stereocenters. The molecule has 0 aliphatic carbocycles. The van der Waals surface area contributed by atoms with Gasteiger partial charge in [-0.2, -0.15) is 0 Å². The van der Waals surface area contributed by atoms with Gasteiger partial charge in [0.25, 0.3) is 11.8 Å². The van der Waals surface area contributed by atoms with Gasteiger partial charge in [-0.3, -0.25) is 20.4 Å². The van der Waals surface area contributed by atoms with E-state index in [1.165, 1.54) is 12.1 Å². The lowest BCUT2D eigenvalue weighted by molar-refractivity contribution is -0.128. The fraction of sp³-hybridized carbons (Fsp3) is 0.158. The summed E-state index contributed by atoms with van der Waals surface area (Å²) in [5, 5.41) is 0.751. The summed E-state index contributed by atoms with van der Waals surface area (Å²) in [5.41, 5.74) is 5.32. The van der Waals surface area contributed by atoms with Gasteiger partial charge in [-0.15, -0.1) is 0 Å². The van der Waals surface area contributed by atoms with E-state index in [1.807, 2.05) is 31.2 Å². The van der Waals surface area contributed by atoms with E-state index in [2.05, 4.69) is 10.9 Å². The highest BCUT2D eigenvalue weighted by molar-refractivity contribution is 6.35. The largest absolute Gasteiger partial charge is 0.494 e. The number of hydrogen-bond acceptors (Lipinski definition) is 4. The van der Waals surface area contributed by atoms with Gasteiger partial charge in [0.05, 0.1) is 11.6 Å². The molecular weight excluding hydrogens is 391 g/mol. The van der Waals surface area contributed by atoms with Crippen molar-refractivity contribution in [2.24, 2.45) is 0 Å². The maximum absolute atomic E-state index is 11.7. The molecule has 0 spiro atoms. The molecule has 0 bridgehead atoms. The fourth-order valence-electron chi connectivity index (χ4n) is 1.96. The lowest BCUT2D eigenvalue weighted by atomic mass is 10.2. The summed E-state index contributed by atoms with van der Waals surface area (Å²) in [5.74, 6) is 0.0516. The first-order valence-corrected chi connectivity index (χ1v) is 8.81. The van der Waals surface area contributed by atoms with E-state index in [-0.39, 0.29) is 11.6 Å². The summed E-state index contributed by atoms with van der Waals surface area (Å²) in [7, 11) is 0. The van der Waals surface area contributed by atoms with Crippen LogP contribution in [0.3, 0.4) is 0 Å². The monoisotopic (exact) mass is 408 g/mol. The Bertz CT molecular complexity index is 823. The second kappa shape index (κ2) is 10.4. The van der Waals surface area contributed by atoms with Crippen LogP contribution in [-0.2, 0) is 9.59 Å². The van der Waals surface area contributed by atoms with Gasteiger partial charge < -0.3 is 9.47 Å². The summed E-state index contributed by atoms with van der Waals surface area (Å²) in [6.07, 6.45) is 2.91. The number of nitrogens with one attached hydrogen (secondary N) is 2. The van der Waals surface area contributed by atoms with Gasteiger partial charge >= 0.3 is 0 Å². The highest BCUT2D eigenvalue weighted by Gasteiger charge is 2.07. The molecule has 0 aliphatic rings. The van der Waals surface area contributed by atoms with Crippen LogP contribution < -0.4 is 20.3 Å². The van der Waals surface area contributed by atoms with Crippen molar-refractivity contribution in [1.82, 2.24) is 10.9 Å². The molecule has 0 radical (unpaired) electrons. The maximum Gasteiger partial charge on any atom is 0.276 e. The molecule has 2 N–H and O–H groups in total. The Kier molecular flexibility index (Phi) is 7.98. The molecule has 2 aromatic rings. The summed E-state index contributed by atoms with van der Waals surface area (Å²) >= 11 is 11.7. The first kappa shape index (κ1) is 20.6. The number of carbonyl (C=O) groups is 2. The lowest BCUT2D eigenvalue weighted by Gasteiger charge is -2.09. The highest BCUT2D eigenvalue weighted by atomic mass is 35.5. The number of hydrogen-bond donors (Lipinski definition) is 2. The number of halogens is 2. The van der Waals surface area contributed by atoms with Crippen molar-refractivity contribution < 1.29 is 19.1 Å². The van der Waals surface area contributed by atoms with Crippen molar-refractivity contribution in [3.05, 3.63) is 64.1 Å². The molecule has 0 saturated heterocycles. The molecular formula is C19H18Cl2N2O4. The molecule has 0 atom stereocenters. The third-order valence-electron chi connectivity index (χ3n) is 3.20. The molecule has 0 aromatic heterocycles. The predicted molar refractivity (Wildman–Crippen MR) is 105 cm³/mol. The molecule has 142 valence electrons. The molecule has 0 heterocycles. The zero-order chi connectivity index (χ0) is 19.6. The minimum Gasteiger partial charge on any atom is -0.494 e. The number of ether oxygens (including phenoxy) is 2. The van der Waals surface area contributed by atoms with Gasteiger partial charge in [-0.25, -0.2) is 0 Å². The standard InChI is InChI=1S/C19H18Cl2N2O4/c1-2-26-15-7-3-13(4-8-15)5-10-18(24)22-23-19(25)12-27-17-9-6-14(20)11-16(17)21/h3-11H,2,12H2,1H3,(H,22,24)(H,23,25)/b10-5+. The fourth-order valence-corrected chi connectivity index (χ4v) is 2.42. The second-order valence-electron chi connectivity index (χ2n) is 5.24. The van der Waals surface area contributed by atoms with Crippen molar-refractivity contribution in [2.45, 2.75) is 6.92 Å². The van der Waals surface area contributed by atoms with E-state index in [0.29, 0.717) is 17.4 Å². The molecule has 0 fully saturated rings. The Labute approximate surface area is 167 Å². The van der Waals surface area contributed by atoms with Crippen LogP contribution in [-0.4, -0.2) is 25.0 Å². The third kappa shape index (κ3) is 7.21. The van der Waals surface area contributed by atoms with Gasteiger partial charge in [0.15, 0.2) is 6.61 Å².